The lowest BCUT2D eigenvalue weighted by Crippen LogP contribution is -2.39. The molecule has 2 unspecified atom stereocenters. The molecule has 0 spiro atoms. The first-order valence-corrected chi connectivity index (χ1v) is 7.58. The summed E-state index contributed by atoms with van der Waals surface area (Å²) < 4.78 is 1.23. The second-order valence-corrected chi connectivity index (χ2v) is 6.60. The van der Waals surface area contributed by atoms with Gasteiger partial charge in [-0.3, -0.25) is 0 Å². The summed E-state index contributed by atoms with van der Waals surface area (Å²) in [6.45, 7) is 12.3. The van der Waals surface area contributed by atoms with Crippen molar-refractivity contribution in [2.45, 2.75) is 45.2 Å². The van der Waals surface area contributed by atoms with Crippen LogP contribution >= 0.6 is 15.9 Å². The monoisotopic (exact) mass is 319 g/mol. The lowest BCUT2D eigenvalue weighted by Gasteiger charge is -2.34. The van der Waals surface area contributed by atoms with Crippen molar-refractivity contribution in [2.24, 2.45) is 0 Å². The highest BCUT2D eigenvalue weighted by molar-refractivity contribution is 9.10. The molecule has 0 radical (unpaired) electrons. The molecule has 1 aromatic carbocycles. The molecular weight excluding hydrogens is 298 g/mol. The van der Waals surface area contributed by atoms with Gasteiger partial charge in [0.25, 0.3) is 0 Å². The first-order valence-electron chi connectivity index (χ1n) is 6.79. The fourth-order valence-corrected chi connectivity index (χ4v) is 3.41. The first-order chi connectivity index (χ1) is 8.97. The molecule has 0 saturated heterocycles. The van der Waals surface area contributed by atoms with E-state index in [1.807, 2.05) is 0 Å². The van der Waals surface area contributed by atoms with Crippen LogP contribution in [-0.2, 0) is 6.42 Å². The molecule has 1 aliphatic rings. The quantitative estimate of drug-likeness (QED) is 0.775. The lowest BCUT2D eigenvalue weighted by atomic mass is 9.86. The Bertz CT molecular complexity index is 504. The second-order valence-electron chi connectivity index (χ2n) is 5.75. The maximum atomic E-state index is 4.06. The number of hydrogen-bond donors (Lipinski definition) is 1. The van der Waals surface area contributed by atoms with Crippen molar-refractivity contribution < 1.29 is 0 Å². The van der Waals surface area contributed by atoms with E-state index < -0.39 is 0 Å². The standard InChI is InChI=1S/C17H22BrN/c1-11(2)8-13-10-15-14(6-5-7-16(15)18)17(19-13)9-12(3)4/h5-7,13,17,19H,1,3,8-10H2,2,4H3. The summed E-state index contributed by atoms with van der Waals surface area (Å²) in [4.78, 5) is 0. The molecule has 2 atom stereocenters. The number of hydrogen-bond acceptors (Lipinski definition) is 1. The van der Waals surface area contributed by atoms with Crippen LogP contribution < -0.4 is 5.32 Å². The Morgan fingerprint density at radius 2 is 1.95 bits per heavy atom. The highest BCUT2D eigenvalue weighted by Crippen LogP contribution is 2.34. The minimum absolute atomic E-state index is 0.378. The zero-order chi connectivity index (χ0) is 14.0. The van der Waals surface area contributed by atoms with Crippen LogP contribution in [0.25, 0.3) is 0 Å². The second kappa shape index (κ2) is 6.06. The third-order valence-corrected chi connectivity index (χ3v) is 4.31. The molecule has 0 aliphatic carbocycles. The number of fused-ring (bicyclic) bond motifs is 1. The van der Waals surface area contributed by atoms with Gasteiger partial charge in [-0.15, -0.1) is 13.2 Å². The summed E-state index contributed by atoms with van der Waals surface area (Å²) >= 11 is 3.70. The maximum absolute atomic E-state index is 4.06. The molecule has 102 valence electrons. The van der Waals surface area contributed by atoms with Gasteiger partial charge in [-0.2, -0.15) is 0 Å². The number of benzene rings is 1. The van der Waals surface area contributed by atoms with E-state index in [0.29, 0.717) is 12.1 Å². The summed E-state index contributed by atoms with van der Waals surface area (Å²) in [7, 11) is 0. The maximum Gasteiger partial charge on any atom is 0.0363 e. The molecular formula is C17H22BrN. The largest absolute Gasteiger partial charge is 0.306 e. The van der Waals surface area contributed by atoms with Crippen LogP contribution in [0.4, 0.5) is 0 Å². The van der Waals surface area contributed by atoms with Gasteiger partial charge < -0.3 is 5.32 Å². The van der Waals surface area contributed by atoms with Crippen molar-refractivity contribution in [1.29, 1.82) is 0 Å². The average molecular weight is 320 g/mol. The van der Waals surface area contributed by atoms with Gasteiger partial charge in [0.1, 0.15) is 0 Å². The number of rotatable bonds is 4. The Morgan fingerprint density at radius 3 is 2.58 bits per heavy atom. The van der Waals surface area contributed by atoms with Crippen molar-refractivity contribution in [3.05, 3.63) is 58.1 Å². The van der Waals surface area contributed by atoms with Gasteiger partial charge in [0.05, 0.1) is 0 Å². The van der Waals surface area contributed by atoms with Crippen molar-refractivity contribution in [2.75, 3.05) is 0 Å². The zero-order valence-corrected chi connectivity index (χ0v) is 13.4. The highest BCUT2D eigenvalue weighted by Gasteiger charge is 2.27. The molecule has 2 rings (SSSR count). The van der Waals surface area contributed by atoms with Crippen LogP contribution in [0.5, 0.6) is 0 Å². The summed E-state index contributed by atoms with van der Waals surface area (Å²) in [5.41, 5.74) is 5.32. The van der Waals surface area contributed by atoms with Crippen LogP contribution in [0, 0.1) is 0 Å². The highest BCUT2D eigenvalue weighted by atomic mass is 79.9. The molecule has 1 heterocycles. The Balaban J connectivity index is 2.31. The topological polar surface area (TPSA) is 12.0 Å². The molecule has 1 aliphatic heterocycles. The molecule has 1 N–H and O–H groups in total. The van der Waals surface area contributed by atoms with Gasteiger partial charge in [-0.25, -0.2) is 0 Å². The van der Waals surface area contributed by atoms with Gasteiger partial charge in [0, 0.05) is 16.6 Å². The molecule has 1 aromatic rings. The molecule has 2 heteroatoms. The van der Waals surface area contributed by atoms with Crippen LogP contribution in [-0.4, -0.2) is 6.04 Å². The van der Waals surface area contributed by atoms with Gasteiger partial charge in [0.15, 0.2) is 0 Å². The fourth-order valence-electron chi connectivity index (χ4n) is 2.87. The minimum atomic E-state index is 0.378. The third-order valence-electron chi connectivity index (χ3n) is 3.57. The SMILES string of the molecule is C=C(C)CC1Cc2c(Br)cccc2C(CC(=C)C)N1. The van der Waals surface area contributed by atoms with E-state index in [-0.39, 0.29) is 0 Å². The van der Waals surface area contributed by atoms with E-state index in [1.54, 1.807) is 0 Å². The van der Waals surface area contributed by atoms with E-state index in [9.17, 15) is 0 Å². The predicted molar refractivity (Wildman–Crippen MR) is 86.4 cm³/mol. The normalized spacial score (nSPS) is 21.8. The van der Waals surface area contributed by atoms with Crippen molar-refractivity contribution in [1.82, 2.24) is 5.32 Å². The Hall–Kier alpha value is -0.860. The number of halogens is 1. The minimum Gasteiger partial charge on any atom is -0.306 e. The Kier molecular flexibility index (Phi) is 4.64. The summed E-state index contributed by atoms with van der Waals surface area (Å²) in [6, 6.07) is 7.35. The van der Waals surface area contributed by atoms with E-state index in [0.717, 1.165) is 19.3 Å². The molecule has 0 bridgehead atoms. The Morgan fingerprint density at radius 1 is 1.26 bits per heavy atom. The van der Waals surface area contributed by atoms with Crippen LogP contribution in [0.3, 0.4) is 0 Å². The number of nitrogens with one attached hydrogen (secondary N) is 1. The van der Waals surface area contributed by atoms with Gasteiger partial charge in [-0.05, 0) is 50.3 Å². The third kappa shape index (κ3) is 3.58. The molecule has 0 saturated carbocycles. The summed E-state index contributed by atoms with van der Waals surface area (Å²) in [5, 5.41) is 3.76. The summed E-state index contributed by atoms with van der Waals surface area (Å²) in [5.74, 6) is 0. The van der Waals surface area contributed by atoms with E-state index in [1.165, 1.54) is 26.7 Å². The van der Waals surface area contributed by atoms with Gasteiger partial charge >= 0.3 is 0 Å². The van der Waals surface area contributed by atoms with Crippen molar-refractivity contribution in [3.63, 3.8) is 0 Å². The van der Waals surface area contributed by atoms with Crippen molar-refractivity contribution in [3.8, 4) is 0 Å². The van der Waals surface area contributed by atoms with Gasteiger partial charge in [-0.1, -0.05) is 39.2 Å². The molecule has 0 fully saturated rings. The summed E-state index contributed by atoms with van der Waals surface area (Å²) in [6.07, 6.45) is 3.10. The molecule has 0 amide bonds. The first kappa shape index (κ1) is 14.5. The Labute approximate surface area is 124 Å². The van der Waals surface area contributed by atoms with Crippen LogP contribution in [0.15, 0.2) is 47.0 Å². The predicted octanol–water partition coefficient (Wildman–Crippen LogP) is 4.94. The van der Waals surface area contributed by atoms with E-state index in [4.69, 9.17) is 0 Å². The van der Waals surface area contributed by atoms with Crippen molar-refractivity contribution >= 4 is 15.9 Å². The van der Waals surface area contributed by atoms with Gasteiger partial charge in [0.2, 0.25) is 0 Å². The molecule has 1 nitrogen and oxygen atoms in total. The van der Waals surface area contributed by atoms with Crippen LogP contribution in [0.1, 0.15) is 43.9 Å². The van der Waals surface area contributed by atoms with Crippen LogP contribution in [0.2, 0.25) is 0 Å². The fraction of sp³-hybridized carbons (Fsp3) is 0.412. The average Bonchev–Trinajstić information content (AvgIpc) is 2.29. The zero-order valence-electron chi connectivity index (χ0n) is 11.8. The van der Waals surface area contributed by atoms with E-state index >= 15 is 0 Å². The molecule has 0 aromatic heterocycles. The van der Waals surface area contributed by atoms with E-state index in [2.05, 4.69) is 66.5 Å². The molecule has 19 heavy (non-hydrogen) atoms. The lowest BCUT2D eigenvalue weighted by molar-refractivity contribution is 0.396. The smallest absolute Gasteiger partial charge is 0.0363 e.